The molecule has 0 radical (unpaired) electrons. The number of nitrogens with zero attached hydrogens (tertiary/aromatic N) is 1. The highest BCUT2D eigenvalue weighted by atomic mass is 31.2. The zero-order chi connectivity index (χ0) is 26.9. The standard InChI is InChI=1S/C23H25N2O11P/c1-12-7-16(22(33-14(3)26)34-15(4)27)8-17-10-31-37(30,36-20(12)17)32-11-18-5-6-19(35-18)25-9-13(2)21(28)24-23(25)29/h5-9,18-19,22H,10-11H2,1-4H3,(H,24,28,29)/t18-,19+,37?/m0/s1. The van der Waals surface area contributed by atoms with Gasteiger partial charge in [0.05, 0.1) is 13.2 Å². The number of esters is 2. The van der Waals surface area contributed by atoms with Crippen LogP contribution in [0.4, 0.5) is 0 Å². The molecule has 14 heteroatoms. The SMILES string of the molecule is CC(=O)OC(OC(C)=O)c1cc(C)c2c(c1)COP(=O)(OC[C@@H]1C=C[C@H](n3cc(C)c(=O)[nH]c3=O)O1)O2. The lowest BCUT2D eigenvalue weighted by Gasteiger charge is -2.28. The Morgan fingerprint density at radius 2 is 1.84 bits per heavy atom. The number of benzene rings is 1. The normalized spacial score (nSPS) is 22.4. The number of rotatable bonds is 7. The molecule has 1 aromatic carbocycles. The molecule has 0 spiro atoms. The van der Waals surface area contributed by atoms with Gasteiger partial charge in [-0.15, -0.1) is 0 Å². The van der Waals surface area contributed by atoms with Crippen LogP contribution in [0.15, 0.2) is 40.1 Å². The van der Waals surface area contributed by atoms with Gasteiger partial charge in [0.15, 0.2) is 6.23 Å². The number of carbonyl (C=O) groups excluding carboxylic acids is 2. The molecule has 0 amide bonds. The van der Waals surface area contributed by atoms with Crippen LogP contribution in [0, 0.1) is 13.8 Å². The van der Waals surface area contributed by atoms with Gasteiger partial charge in [0.1, 0.15) is 11.9 Å². The number of H-pyrrole nitrogens is 1. The lowest BCUT2D eigenvalue weighted by atomic mass is 10.0. The summed E-state index contributed by atoms with van der Waals surface area (Å²) in [5.74, 6) is -1.02. The van der Waals surface area contributed by atoms with Crippen molar-refractivity contribution in [2.45, 2.75) is 52.9 Å². The highest BCUT2D eigenvalue weighted by Gasteiger charge is 2.37. The summed E-state index contributed by atoms with van der Waals surface area (Å²) in [6, 6.07) is 3.13. The molecule has 1 N–H and O–H groups in total. The molecule has 2 aromatic rings. The summed E-state index contributed by atoms with van der Waals surface area (Å²) in [5.41, 5.74) is 0.607. The van der Waals surface area contributed by atoms with Gasteiger partial charge in [-0.1, -0.05) is 6.08 Å². The molecular formula is C23H25N2O11P. The molecule has 4 rings (SSSR count). The summed E-state index contributed by atoms with van der Waals surface area (Å²) < 4.78 is 46.7. The first-order valence-electron chi connectivity index (χ1n) is 11.2. The van der Waals surface area contributed by atoms with E-state index in [-0.39, 0.29) is 19.0 Å². The molecule has 0 aliphatic carbocycles. The van der Waals surface area contributed by atoms with E-state index in [1.807, 2.05) is 0 Å². The van der Waals surface area contributed by atoms with Crippen LogP contribution in [-0.4, -0.2) is 34.2 Å². The zero-order valence-corrected chi connectivity index (χ0v) is 21.3. The predicted octanol–water partition coefficient (Wildman–Crippen LogP) is 2.47. The third kappa shape index (κ3) is 6.08. The highest BCUT2D eigenvalue weighted by molar-refractivity contribution is 7.49. The molecule has 198 valence electrons. The summed E-state index contributed by atoms with van der Waals surface area (Å²) >= 11 is 0. The summed E-state index contributed by atoms with van der Waals surface area (Å²) in [7, 11) is -4.03. The Balaban J connectivity index is 1.42. The number of nitrogens with one attached hydrogen (secondary N) is 1. The van der Waals surface area contributed by atoms with Crippen LogP contribution >= 0.6 is 7.82 Å². The Labute approximate surface area is 210 Å². The topological polar surface area (TPSA) is 161 Å². The van der Waals surface area contributed by atoms with Crippen molar-refractivity contribution in [2.24, 2.45) is 0 Å². The van der Waals surface area contributed by atoms with Crippen molar-refractivity contribution in [2.75, 3.05) is 6.61 Å². The molecule has 13 nitrogen and oxygen atoms in total. The van der Waals surface area contributed by atoms with Gasteiger partial charge in [-0.05, 0) is 37.6 Å². The zero-order valence-electron chi connectivity index (χ0n) is 20.4. The number of fused-ring (bicyclic) bond motifs is 1. The van der Waals surface area contributed by atoms with Crippen LogP contribution in [0.25, 0.3) is 0 Å². The number of ether oxygens (including phenoxy) is 3. The third-order valence-electron chi connectivity index (χ3n) is 5.39. The predicted molar refractivity (Wildman–Crippen MR) is 126 cm³/mol. The van der Waals surface area contributed by atoms with E-state index in [1.165, 1.54) is 24.6 Å². The Hall–Kier alpha value is -3.51. The first-order chi connectivity index (χ1) is 17.4. The van der Waals surface area contributed by atoms with Crippen molar-refractivity contribution in [3.63, 3.8) is 0 Å². The van der Waals surface area contributed by atoms with Gasteiger partial charge in [0, 0.05) is 36.7 Å². The lowest BCUT2D eigenvalue weighted by Crippen LogP contribution is -2.33. The van der Waals surface area contributed by atoms with Gasteiger partial charge in [-0.25, -0.2) is 9.36 Å². The average molecular weight is 536 g/mol. The van der Waals surface area contributed by atoms with Crippen LogP contribution in [-0.2, 0) is 44.0 Å². The number of aromatic amines is 1. The second kappa shape index (κ2) is 10.5. The van der Waals surface area contributed by atoms with Crippen molar-refractivity contribution >= 4 is 19.8 Å². The summed E-state index contributed by atoms with van der Waals surface area (Å²) in [5, 5.41) is 0. The van der Waals surface area contributed by atoms with E-state index in [4.69, 9.17) is 27.8 Å². The highest BCUT2D eigenvalue weighted by Crippen LogP contribution is 2.55. The van der Waals surface area contributed by atoms with E-state index in [2.05, 4.69) is 4.98 Å². The molecule has 0 saturated carbocycles. The van der Waals surface area contributed by atoms with Crippen molar-refractivity contribution in [3.8, 4) is 5.75 Å². The van der Waals surface area contributed by atoms with Gasteiger partial charge in [0.25, 0.3) is 11.8 Å². The minimum Gasteiger partial charge on any atom is -0.421 e. The van der Waals surface area contributed by atoms with Gasteiger partial charge in [-0.3, -0.25) is 33.0 Å². The maximum absolute atomic E-state index is 13.1. The Morgan fingerprint density at radius 1 is 1.14 bits per heavy atom. The van der Waals surface area contributed by atoms with Gasteiger partial charge in [-0.2, -0.15) is 0 Å². The first kappa shape index (κ1) is 26.6. The molecule has 2 aliphatic heterocycles. The van der Waals surface area contributed by atoms with Crippen molar-refractivity contribution in [1.29, 1.82) is 0 Å². The average Bonchev–Trinajstić information content (AvgIpc) is 3.28. The van der Waals surface area contributed by atoms with Crippen LogP contribution in [0.5, 0.6) is 5.75 Å². The summed E-state index contributed by atoms with van der Waals surface area (Å²) in [6.07, 6.45) is 1.91. The summed E-state index contributed by atoms with van der Waals surface area (Å²) in [4.78, 5) is 48.7. The molecule has 0 saturated heterocycles. The van der Waals surface area contributed by atoms with E-state index in [1.54, 1.807) is 38.1 Å². The Bertz CT molecular complexity index is 1410. The second-order valence-electron chi connectivity index (χ2n) is 8.41. The van der Waals surface area contributed by atoms with Crippen LogP contribution in [0.3, 0.4) is 0 Å². The number of phosphoric acid groups is 1. The van der Waals surface area contributed by atoms with Gasteiger partial charge < -0.3 is 18.7 Å². The molecule has 0 fully saturated rings. The number of phosphoric ester groups is 1. The largest absolute Gasteiger partial charge is 0.530 e. The van der Waals surface area contributed by atoms with Crippen molar-refractivity contribution in [1.82, 2.24) is 9.55 Å². The molecule has 3 heterocycles. The minimum atomic E-state index is -4.03. The minimum absolute atomic E-state index is 0.149. The number of carbonyl (C=O) groups is 2. The smallest absolute Gasteiger partial charge is 0.421 e. The fourth-order valence-electron chi connectivity index (χ4n) is 3.74. The molecule has 3 atom stereocenters. The number of hydrogen-bond donors (Lipinski definition) is 1. The van der Waals surface area contributed by atoms with E-state index in [9.17, 15) is 23.7 Å². The van der Waals surface area contributed by atoms with E-state index < -0.39 is 49.6 Å². The van der Waals surface area contributed by atoms with Gasteiger partial charge in [0.2, 0.25) is 0 Å². The maximum Gasteiger partial charge on any atom is 0.530 e. The molecule has 2 aliphatic rings. The summed E-state index contributed by atoms with van der Waals surface area (Å²) in [6.45, 7) is 5.26. The fraction of sp³-hybridized carbons (Fsp3) is 0.391. The first-order valence-corrected chi connectivity index (χ1v) is 12.6. The number of hydrogen-bond acceptors (Lipinski definition) is 11. The molecule has 1 unspecified atom stereocenters. The molecular weight excluding hydrogens is 511 g/mol. The van der Waals surface area contributed by atoms with E-state index in [0.717, 1.165) is 0 Å². The second-order valence-corrected chi connectivity index (χ2v) is 10.0. The van der Waals surface area contributed by atoms with Crippen LogP contribution < -0.4 is 15.8 Å². The van der Waals surface area contributed by atoms with Crippen molar-refractivity contribution < 1.29 is 41.9 Å². The number of aryl methyl sites for hydroxylation is 2. The van der Waals surface area contributed by atoms with Gasteiger partial charge >= 0.3 is 25.5 Å². The monoisotopic (exact) mass is 536 g/mol. The van der Waals surface area contributed by atoms with Crippen LogP contribution in [0.1, 0.15) is 48.6 Å². The van der Waals surface area contributed by atoms with E-state index in [0.29, 0.717) is 22.3 Å². The Kier molecular flexibility index (Phi) is 7.51. The van der Waals surface area contributed by atoms with Crippen molar-refractivity contribution in [3.05, 3.63) is 73.6 Å². The molecule has 0 bridgehead atoms. The quantitative estimate of drug-likeness (QED) is 0.239. The fourth-order valence-corrected chi connectivity index (χ4v) is 5.04. The Morgan fingerprint density at radius 3 is 2.51 bits per heavy atom. The number of aromatic nitrogens is 2. The maximum atomic E-state index is 13.1. The molecule has 37 heavy (non-hydrogen) atoms. The third-order valence-corrected chi connectivity index (χ3v) is 6.71. The molecule has 1 aromatic heterocycles. The van der Waals surface area contributed by atoms with E-state index >= 15 is 0 Å². The lowest BCUT2D eigenvalue weighted by molar-refractivity contribution is -0.186. The van der Waals surface area contributed by atoms with Crippen LogP contribution in [0.2, 0.25) is 0 Å².